The van der Waals surface area contributed by atoms with E-state index in [1.165, 1.54) is 0 Å². The summed E-state index contributed by atoms with van der Waals surface area (Å²) in [6.45, 7) is 6.91. The number of nitrogens with zero attached hydrogens (tertiary/aromatic N) is 1. The van der Waals surface area contributed by atoms with E-state index < -0.39 is 0 Å². The fraction of sp³-hybridized carbons (Fsp3) is 0.611. The van der Waals surface area contributed by atoms with Crippen LogP contribution in [0.2, 0.25) is 5.02 Å². The van der Waals surface area contributed by atoms with Crippen LogP contribution in [0.5, 0.6) is 0 Å². The van der Waals surface area contributed by atoms with Gasteiger partial charge in [-0.2, -0.15) is 0 Å². The summed E-state index contributed by atoms with van der Waals surface area (Å²) in [4.78, 5) is 14.8. The molecule has 1 fully saturated rings. The van der Waals surface area contributed by atoms with Crippen LogP contribution in [0.3, 0.4) is 0 Å². The molecule has 1 amide bonds. The summed E-state index contributed by atoms with van der Waals surface area (Å²) in [5.41, 5.74) is 1.13. The van der Waals surface area contributed by atoms with Gasteiger partial charge in [-0.3, -0.25) is 9.69 Å². The highest BCUT2D eigenvalue weighted by Gasteiger charge is 2.36. The highest BCUT2D eigenvalue weighted by Crippen LogP contribution is 2.22. The van der Waals surface area contributed by atoms with E-state index in [9.17, 15) is 4.79 Å². The van der Waals surface area contributed by atoms with Gasteiger partial charge in [0.2, 0.25) is 5.91 Å². The number of hydrogen-bond acceptors (Lipinski definition) is 4. The quantitative estimate of drug-likeness (QED) is 0.702. The largest absolute Gasteiger partial charge is 0.383 e. The molecule has 1 aromatic rings. The van der Waals surface area contributed by atoms with Crippen LogP contribution < -0.4 is 10.6 Å². The number of carbonyl (C=O) groups excluding carboxylic acids is 1. The van der Waals surface area contributed by atoms with E-state index >= 15 is 0 Å². The molecule has 0 saturated carbocycles. The predicted molar refractivity (Wildman–Crippen MR) is 97.2 cm³/mol. The molecular formula is C18H28ClN3O2. The minimum absolute atomic E-state index is 0.0714. The van der Waals surface area contributed by atoms with Gasteiger partial charge in [0.25, 0.3) is 0 Å². The lowest BCUT2D eigenvalue weighted by molar-refractivity contribution is -0.125. The van der Waals surface area contributed by atoms with Gasteiger partial charge >= 0.3 is 0 Å². The van der Waals surface area contributed by atoms with Crippen LogP contribution >= 0.6 is 11.6 Å². The first-order chi connectivity index (χ1) is 11.5. The number of amides is 1. The molecule has 1 saturated heterocycles. The van der Waals surface area contributed by atoms with E-state index in [-0.39, 0.29) is 11.9 Å². The van der Waals surface area contributed by atoms with Crippen molar-refractivity contribution in [2.75, 3.05) is 26.8 Å². The van der Waals surface area contributed by atoms with E-state index in [0.29, 0.717) is 25.2 Å². The summed E-state index contributed by atoms with van der Waals surface area (Å²) >= 11 is 6.09. The van der Waals surface area contributed by atoms with Crippen molar-refractivity contribution in [1.29, 1.82) is 0 Å². The normalized spacial score (nSPS) is 21.4. The average molecular weight is 354 g/mol. The molecule has 6 heteroatoms. The number of halogens is 1. The molecule has 0 aromatic heterocycles. The lowest BCUT2D eigenvalue weighted by atomic mass is 10.1. The van der Waals surface area contributed by atoms with E-state index in [4.69, 9.17) is 16.3 Å². The van der Waals surface area contributed by atoms with Crippen LogP contribution in [0.1, 0.15) is 25.8 Å². The van der Waals surface area contributed by atoms with Crippen LogP contribution in [0, 0.1) is 0 Å². The fourth-order valence-corrected chi connectivity index (χ4v) is 3.42. The van der Waals surface area contributed by atoms with Gasteiger partial charge in [-0.25, -0.2) is 0 Å². The summed E-state index contributed by atoms with van der Waals surface area (Å²) in [7, 11) is 1.63. The Balaban J connectivity index is 2.03. The summed E-state index contributed by atoms with van der Waals surface area (Å²) < 4.78 is 5.01. The number of hydrogen-bond donors (Lipinski definition) is 2. The van der Waals surface area contributed by atoms with Crippen molar-refractivity contribution in [1.82, 2.24) is 15.5 Å². The van der Waals surface area contributed by atoms with Gasteiger partial charge in [0.05, 0.1) is 12.6 Å². The molecule has 2 N–H and O–H groups in total. The number of rotatable bonds is 8. The van der Waals surface area contributed by atoms with Crippen molar-refractivity contribution >= 4 is 17.5 Å². The van der Waals surface area contributed by atoms with Crippen molar-refractivity contribution in [2.45, 2.75) is 44.9 Å². The molecule has 0 radical (unpaired) electrons. The number of ether oxygens (including phenoxy) is 1. The van der Waals surface area contributed by atoms with E-state index in [1.807, 2.05) is 18.2 Å². The predicted octanol–water partition coefficient (Wildman–Crippen LogP) is 2.04. The molecular weight excluding hydrogens is 326 g/mol. The SMILES string of the molecule is COCCNC(=O)[C@@H]1C[C@@H](NC(C)C)CN1Cc1cccc(Cl)c1. The second-order valence-electron chi connectivity index (χ2n) is 6.61. The molecule has 0 aliphatic carbocycles. The Bertz CT molecular complexity index is 539. The number of likely N-dealkylation sites (tertiary alicyclic amines) is 1. The van der Waals surface area contributed by atoms with Crippen molar-refractivity contribution in [2.24, 2.45) is 0 Å². The average Bonchev–Trinajstić information content (AvgIpc) is 2.89. The Hall–Kier alpha value is -1.14. The maximum Gasteiger partial charge on any atom is 0.237 e. The van der Waals surface area contributed by atoms with Crippen molar-refractivity contribution in [3.63, 3.8) is 0 Å². The van der Waals surface area contributed by atoms with Crippen LogP contribution in [-0.4, -0.2) is 55.7 Å². The fourth-order valence-electron chi connectivity index (χ4n) is 3.21. The summed E-state index contributed by atoms with van der Waals surface area (Å²) in [5, 5.41) is 7.24. The second kappa shape index (κ2) is 9.37. The Morgan fingerprint density at radius 2 is 2.25 bits per heavy atom. The zero-order chi connectivity index (χ0) is 17.5. The third kappa shape index (κ3) is 5.74. The Labute approximate surface area is 149 Å². The Morgan fingerprint density at radius 1 is 1.46 bits per heavy atom. The van der Waals surface area contributed by atoms with Gasteiger partial charge in [0, 0.05) is 43.9 Å². The van der Waals surface area contributed by atoms with Gasteiger partial charge in [0.1, 0.15) is 0 Å². The number of methoxy groups -OCH3 is 1. The zero-order valence-corrected chi connectivity index (χ0v) is 15.5. The van der Waals surface area contributed by atoms with Crippen molar-refractivity contribution in [3.8, 4) is 0 Å². The molecule has 1 aliphatic heterocycles. The van der Waals surface area contributed by atoms with Crippen LogP contribution in [-0.2, 0) is 16.1 Å². The molecule has 24 heavy (non-hydrogen) atoms. The monoisotopic (exact) mass is 353 g/mol. The summed E-state index contributed by atoms with van der Waals surface area (Å²) in [6.07, 6.45) is 0.817. The molecule has 1 aromatic carbocycles. The molecule has 0 spiro atoms. The molecule has 1 heterocycles. The van der Waals surface area contributed by atoms with E-state index in [2.05, 4.69) is 35.4 Å². The van der Waals surface area contributed by atoms with Gasteiger partial charge in [0.15, 0.2) is 0 Å². The topological polar surface area (TPSA) is 53.6 Å². The van der Waals surface area contributed by atoms with Gasteiger partial charge < -0.3 is 15.4 Å². The Morgan fingerprint density at radius 3 is 2.92 bits per heavy atom. The minimum atomic E-state index is -0.128. The lowest BCUT2D eigenvalue weighted by Gasteiger charge is -2.23. The maximum absolute atomic E-state index is 12.6. The smallest absolute Gasteiger partial charge is 0.237 e. The van der Waals surface area contributed by atoms with Crippen LogP contribution in [0.25, 0.3) is 0 Å². The number of carbonyl (C=O) groups is 1. The van der Waals surface area contributed by atoms with Gasteiger partial charge in [-0.05, 0) is 24.1 Å². The molecule has 0 bridgehead atoms. The first-order valence-corrected chi connectivity index (χ1v) is 8.88. The lowest BCUT2D eigenvalue weighted by Crippen LogP contribution is -2.43. The molecule has 5 nitrogen and oxygen atoms in total. The van der Waals surface area contributed by atoms with Crippen molar-refractivity contribution in [3.05, 3.63) is 34.9 Å². The zero-order valence-electron chi connectivity index (χ0n) is 14.7. The molecule has 0 unspecified atom stereocenters. The number of benzene rings is 1. The third-order valence-corrected chi connectivity index (χ3v) is 4.39. The first kappa shape index (κ1) is 19.2. The second-order valence-corrected chi connectivity index (χ2v) is 7.05. The summed E-state index contributed by atoms with van der Waals surface area (Å²) in [6, 6.07) is 8.43. The highest BCUT2D eigenvalue weighted by molar-refractivity contribution is 6.30. The van der Waals surface area contributed by atoms with E-state index in [1.54, 1.807) is 7.11 Å². The summed E-state index contributed by atoms with van der Waals surface area (Å²) in [5.74, 6) is 0.0714. The van der Waals surface area contributed by atoms with Crippen molar-refractivity contribution < 1.29 is 9.53 Å². The number of nitrogens with one attached hydrogen (secondary N) is 2. The molecule has 2 rings (SSSR count). The van der Waals surface area contributed by atoms with Crippen LogP contribution in [0.15, 0.2) is 24.3 Å². The maximum atomic E-state index is 12.6. The Kier molecular flexibility index (Phi) is 7.49. The standard InChI is InChI=1S/C18H28ClN3O2/c1-13(2)21-16-10-17(18(23)20-7-8-24-3)22(12-16)11-14-5-4-6-15(19)9-14/h4-6,9,13,16-17,21H,7-8,10-12H2,1-3H3,(H,20,23)/t16-,17+/m1/s1. The highest BCUT2D eigenvalue weighted by atomic mass is 35.5. The third-order valence-electron chi connectivity index (χ3n) is 4.16. The van der Waals surface area contributed by atoms with Gasteiger partial charge in [-0.15, -0.1) is 0 Å². The molecule has 1 aliphatic rings. The first-order valence-electron chi connectivity index (χ1n) is 8.50. The van der Waals surface area contributed by atoms with E-state index in [0.717, 1.165) is 30.1 Å². The molecule has 134 valence electrons. The minimum Gasteiger partial charge on any atom is -0.383 e. The molecule has 2 atom stereocenters. The van der Waals surface area contributed by atoms with Gasteiger partial charge in [-0.1, -0.05) is 37.6 Å². The van der Waals surface area contributed by atoms with Crippen LogP contribution in [0.4, 0.5) is 0 Å².